The molecule has 0 aliphatic carbocycles. The summed E-state index contributed by atoms with van der Waals surface area (Å²) in [6.45, 7) is 4.95. The Hall–Kier alpha value is -3.29. The maximum absolute atomic E-state index is 12.9. The van der Waals surface area contributed by atoms with Crippen LogP contribution in [0.3, 0.4) is 0 Å². The van der Waals surface area contributed by atoms with Crippen LogP contribution in [0.15, 0.2) is 48.8 Å². The van der Waals surface area contributed by atoms with Crippen LogP contribution in [0.1, 0.15) is 19.8 Å². The van der Waals surface area contributed by atoms with Gasteiger partial charge in [0.25, 0.3) is 0 Å². The van der Waals surface area contributed by atoms with E-state index in [-0.39, 0.29) is 24.6 Å². The van der Waals surface area contributed by atoms with Crippen LogP contribution in [-0.4, -0.2) is 72.2 Å². The lowest BCUT2D eigenvalue weighted by atomic mass is 10.1. The van der Waals surface area contributed by atoms with Crippen molar-refractivity contribution in [3.8, 4) is 11.5 Å². The Labute approximate surface area is 182 Å². The smallest absolute Gasteiger partial charge is 0.325 e. The number of carbonyl (C=O) groups excluding carboxylic acids is 2. The molecular formula is C23H28N4O4. The van der Waals surface area contributed by atoms with E-state index in [2.05, 4.69) is 4.98 Å². The van der Waals surface area contributed by atoms with E-state index in [1.54, 1.807) is 22.2 Å². The topological polar surface area (TPSA) is 75.2 Å². The molecule has 1 unspecified atom stereocenters. The van der Waals surface area contributed by atoms with Gasteiger partial charge in [-0.25, -0.2) is 4.79 Å². The molecular weight excluding hydrogens is 396 g/mol. The molecule has 2 aliphatic heterocycles. The fourth-order valence-electron chi connectivity index (χ4n) is 3.99. The number of pyridine rings is 1. The highest BCUT2D eigenvalue weighted by Crippen LogP contribution is 2.24. The molecule has 164 valence electrons. The van der Waals surface area contributed by atoms with Crippen molar-refractivity contribution < 1.29 is 19.1 Å². The van der Waals surface area contributed by atoms with Crippen molar-refractivity contribution >= 4 is 17.6 Å². The average molecular weight is 425 g/mol. The summed E-state index contributed by atoms with van der Waals surface area (Å²) < 4.78 is 11.5. The number of hydrogen-bond acceptors (Lipinski definition) is 5. The van der Waals surface area contributed by atoms with Crippen molar-refractivity contribution in [2.24, 2.45) is 0 Å². The van der Waals surface area contributed by atoms with Crippen molar-refractivity contribution in [1.82, 2.24) is 14.8 Å². The summed E-state index contributed by atoms with van der Waals surface area (Å²) >= 11 is 0. The lowest BCUT2D eigenvalue weighted by molar-refractivity contribution is -0.134. The van der Waals surface area contributed by atoms with Gasteiger partial charge in [0.15, 0.2) is 0 Å². The molecule has 3 heterocycles. The first kappa shape index (κ1) is 21.0. The number of benzene rings is 1. The van der Waals surface area contributed by atoms with Gasteiger partial charge < -0.3 is 19.3 Å². The summed E-state index contributed by atoms with van der Waals surface area (Å²) in [4.78, 5) is 34.9. The molecule has 8 heteroatoms. The number of urea groups is 1. The Morgan fingerprint density at radius 2 is 1.84 bits per heavy atom. The zero-order chi connectivity index (χ0) is 21.6. The van der Waals surface area contributed by atoms with E-state index in [1.165, 1.54) is 0 Å². The van der Waals surface area contributed by atoms with Gasteiger partial charge in [0.1, 0.15) is 24.1 Å². The molecule has 2 aliphatic rings. The summed E-state index contributed by atoms with van der Waals surface area (Å²) in [6.07, 6.45) is 5.12. The van der Waals surface area contributed by atoms with E-state index in [9.17, 15) is 9.59 Å². The van der Waals surface area contributed by atoms with Crippen molar-refractivity contribution in [2.45, 2.75) is 25.9 Å². The molecule has 8 nitrogen and oxygen atoms in total. The van der Waals surface area contributed by atoms with Crippen LogP contribution in [0.4, 0.5) is 10.5 Å². The molecule has 1 aromatic carbocycles. The van der Waals surface area contributed by atoms with Crippen LogP contribution in [0, 0.1) is 0 Å². The van der Waals surface area contributed by atoms with Gasteiger partial charge in [-0.05, 0) is 56.2 Å². The Bertz CT molecular complexity index is 890. The zero-order valence-corrected chi connectivity index (χ0v) is 17.8. The van der Waals surface area contributed by atoms with Gasteiger partial charge in [0, 0.05) is 37.7 Å². The Balaban J connectivity index is 1.31. The Morgan fingerprint density at radius 1 is 1.06 bits per heavy atom. The Morgan fingerprint density at radius 3 is 2.58 bits per heavy atom. The molecule has 0 bridgehead atoms. The van der Waals surface area contributed by atoms with Crippen LogP contribution < -0.4 is 14.4 Å². The predicted molar refractivity (Wildman–Crippen MR) is 116 cm³/mol. The minimum absolute atomic E-state index is 0.0371. The van der Waals surface area contributed by atoms with E-state index < -0.39 is 0 Å². The summed E-state index contributed by atoms with van der Waals surface area (Å²) in [6, 6.07) is 11.0. The van der Waals surface area contributed by atoms with E-state index in [0.29, 0.717) is 32.8 Å². The second kappa shape index (κ2) is 9.68. The lowest BCUT2D eigenvalue weighted by Gasteiger charge is -2.33. The molecule has 2 aromatic rings. The van der Waals surface area contributed by atoms with Crippen LogP contribution in [0.25, 0.3) is 0 Å². The van der Waals surface area contributed by atoms with Crippen LogP contribution in [0.5, 0.6) is 11.5 Å². The number of piperidine rings is 1. The number of carbonyl (C=O) groups is 2. The number of ether oxygens (including phenoxy) is 2. The molecule has 2 fully saturated rings. The van der Waals surface area contributed by atoms with Crippen LogP contribution in [0.2, 0.25) is 0 Å². The first-order chi connectivity index (χ1) is 15.1. The molecule has 0 radical (unpaired) electrons. The fourth-order valence-corrected chi connectivity index (χ4v) is 3.99. The molecule has 1 aromatic heterocycles. The van der Waals surface area contributed by atoms with Gasteiger partial charge in [-0.2, -0.15) is 0 Å². The predicted octanol–water partition coefficient (Wildman–Crippen LogP) is 2.79. The molecule has 2 saturated heterocycles. The van der Waals surface area contributed by atoms with Crippen molar-refractivity contribution in [1.29, 1.82) is 0 Å². The van der Waals surface area contributed by atoms with E-state index >= 15 is 0 Å². The quantitative estimate of drug-likeness (QED) is 0.683. The third-order valence-corrected chi connectivity index (χ3v) is 5.56. The number of hydrogen-bond donors (Lipinski definition) is 0. The van der Waals surface area contributed by atoms with E-state index in [1.807, 2.05) is 48.2 Å². The van der Waals surface area contributed by atoms with Crippen molar-refractivity contribution in [2.75, 3.05) is 44.2 Å². The Kier molecular flexibility index (Phi) is 6.54. The van der Waals surface area contributed by atoms with E-state index in [0.717, 1.165) is 30.0 Å². The second-order valence-electron chi connectivity index (χ2n) is 7.69. The first-order valence-corrected chi connectivity index (χ1v) is 10.8. The summed E-state index contributed by atoms with van der Waals surface area (Å²) in [7, 11) is 0. The third kappa shape index (κ3) is 5.07. The van der Waals surface area contributed by atoms with Crippen molar-refractivity contribution in [3.63, 3.8) is 0 Å². The molecule has 1 atom stereocenters. The molecule has 3 amide bonds. The van der Waals surface area contributed by atoms with Gasteiger partial charge in [0.05, 0.1) is 13.2 Å². The maximum atomic E-state index is 12.9. The molecule has 4 rings (SSSR count). The van der Waals surface area contributed by atoms with Gasteiger partial charge in [-0.15, -0.1) is 0 Å². The maximum Gasteiger partial charge on any atom is 0.325 e. The zero-order valence-electron chi connectivity index (χ0n) is 17.8. The number of likely N-dealkylation sites (tertiary alicyclic amines) is 1. The largest absolute Gasteiger partial charge is 0.494 e. The second-order valence-corrected chi connectivity index (χ2v) is 7.69. The van der Waals surface area contributed by atoms with Gasteiger partial charge in [-0.3, -0.25) is 14.7 Å². The SMILES string of the molecule is CCOc1ccc(N2CCN(CC(=O)N3CCCC(Oc4ccncc4)C3)C2=O)cc1. The fraction of sp³-hybridized carbons (Fsp3) is 0.435. The van der Waals surface area contributed by atoms with Gasteiger partial charge in [-0.1, -0.05) is 0 Å². The molecule has 0 spiro atoms. The monoisotopic (exact) mass is 424 g/mol. The number of amides is 3. The van der Waals surface area contributed by atoms with E-state index in [4.69, 9.17) is 9.47 Å². The normalized spacial score (nSPS) is 18.9. The molecule has 0 saturated carbocycles. The summed E-state index contributed by atoms with van der Waals surface area (Å²) in [5, 5.41) is 0. The first-order valence-electron chi connectivity index (χ1n) is 10.8. The van der Waals surface area contributed by atoms with Crippen LogP contribution in [-0.2, 0) is 4.79 Å². The number of anilines is 1. The summed E-state index contributed by atoms with van der Waals surface area (Å²) in [5.74, 6) is 1.50. The number of aromatic nitrogens is 1. The highest BCUT2D eigenvalue weighted by atomic mass is 16.5. The van der Waals surface area contributed by atoms with Crippen molar-refractivity contribution in [3.05, 3.63) is 48.8 Å². The standard InChI is InChI=1S/C23H28N4O4/c1-2-30-19-7-5-18(6-8-19)27-15-14-26(23(27)29)17-22(28)25-13-3-4-21(16-25)31-20-9-11-24-12-10-20/h5-12,21H,2-4,13-17H2,1H3. The third-order valence-electron chi connectivity index (χ3n) is 5.56. The minimum atomic E-state index is -0.140. The average Bonchev–Trinajstić information content (AvgIpc) is 3.15. The number of nitrogens with zero attached hydrogens (tertiary/aromatic N) is 4. The van der Waals surface area contributed by atoms with Gasteiger partial charge in [0.2, 0.25) is 5.91 Å². The van der Waals surface area contributed by atoms with Crippen LogP contribution >= 0.6 is 0 Å². The summed E-state index contributed by atoms with van der Waals surface area (Å²) in [5.41, 5.74) is 0.812. The highest BCUT2D eigenvalue weighted by Gasteiger charge is 2.33. The molecule has 31 heavy (non-hydrogen) atoms. The number of rotatable bonds is 7. The highest BCUT2D eigenvalue weighted by molar-refractivity contribution is 5.96. The lowest BCUT2D eigenvalue weighted by Crippen LogP contribution is -2.48. The van der Waals surface area contributed by atoms with Gasteiger partial charge >= 0.3 is 6.03 Å². The minimum Gasteiger partial charge on any atom is -0.494 e. The molecule has 0 N–H and O–H groups in total.